The SMILES string of the molecule is COC(=O)C1CCCC1S(=O)(=O)Nc1ccc(C)cc1Cl. The van der Waals surface area contributed by atoms with Crippen molar-refractivity contribution in [2.45, 2.75) is 31.4 Å². The second-order valence-corrected chi connectivity index (χ2v) is 7.54. The lowest BCUT2D eigenvalue weighted by Crippen LogP contribution is -2.35. The van der Waals surface area contributed by atoms with Gasteiger partial charge >= 0.3 is 5.97 Å². The molecule has 0 heterocycles. The Morgan fingerprint density at radius 2 is 2.10 bits per heavy atom. The van der Waals surface area contributed by atoms with Crippen molar-refractivity contribution in [2.75, 3.05) is 11.8 Å². The van der Waals surface area contributed by atoms with Crippen molar-refractivity contribution < 1.29 is 17.9 Å². The molecule has 116 valence electrons. The Morgan fingerprint density at radius 1 is 1.38 bits per heavy atom. The number of nitrogens with one attached hydrogen (secondary N) is 1. The van der Waals surface area contributed by atoms with E-state index in [-0.39, 0.29) is 0 Å². The Bertz CT molecular complexity index is 644. The number of benzene rings is 1. The zero-order valence-corrected chi connectivity index (χ0v) is 13.5. The van der Waals surface area contributed by atoms with E-state index in [2.05, 4.69) is 4.72 Å². The molecule has 0 bridgehead atoms. The number of anilines is 1. The third kappa shape index (κ3) is 3.49. The van der Waals surface area contributed by atoms with Crippen LogP contribution in [0.5, 0.6) is 0 Å². The number of carbonyl (C=O) groups excluding carboxylic acids is 1. The maximum absolute atomic E-state index is 12.5. The van der Waals surface area contributed by atoms with Crippen LogP contribution in [0.15, 0.2) is 18.2 Å². The molecule has 1 aliphatic rings. The zero-order valence-electron chi connectivity index (χ0n) is 11.9. The van der Waals surface area contributed by atoms with E-state index in [0.29, 0.717) is 30.0 Å². The Hall–Kier alpha value is -1.27. The summed E-state index contributed by atoms with van der Waals surface area (Å²) in [5.74, 6) is -1.09. The van der Waals surface area contributed by atoms with Crippen molar-refractivity contribution in [3.8, 4) is 0 Å². The van der Waals surface area contributed by atoms with Crippen LogP contribution in [0.4, 0.5) is 5.69 Å². The van der Waals surface area contributed by atoms with Gasteiger partial charge in [0, 0.05) is 0 Å². The van der Waals surface area contributed by atoms with E-state index >= 15 is 0 Å². The normalized spacial score (nSPS) is 22.0. The molecule has 0 amide bonds. The van der Waals surface area contributed by atoms with Gasteiger partial charge in [-0.3, -0.25) is 9.52 Å². The van der Waals surface area contributed by atoms with Crippen LogP contribution in [-0.4, -0.2) is 26.7 Å². The first kappa shape index (κ1) is 16.1. The molecule has 2 atom stereocenters. The van der Waals surface area contributed by atoms with Crippen molar-refractivity contribution in [2.24, 2.45) is 5.92 Å². The maximum Gasteiger partial charge on any atom is 0.310 e. The van der Waals surface area contributed by atoms with Gasteiger partial charge in [0.05, 0.1) is 29.0 Å². The first-order chi connectivity index (χ1) is 9.85. The molecule has 1 fully saturated rings. The standard InChI is InChI=1S/C14H18ClNO4S/c1-9-6-7-12(11(15)8-9)16-21(18,19)13-5-3-4-10(13)14(17)20-2/h6-8,10,13,16H,3-5H2,1-2H3. The summed E-state index contributed by atoms with van der Waals surface area (Å²) in [5.41, 5.74) is 1.27. The molecule has 0 saturated heterocycles. The molecule has 2 rings (SSSR count). The summed E-state index contributed by atoms with van der Waals surface area (Å²) in [7, 11) is -2.42. The number of hydrogen-bond acceptors (Lipinski definition) is 4. The number of sulfonamides is 1. The van der Waals surface area contributed by atoms with Gasteiger partial charge in [0.1, 0.15) is 0 Å². The molecule has 21 heavy (non-hydrogen) atoms. The number of methoxy groups -OCH3 is 1. The predicted octanol–water partition coefficient (Wildman–Crippen LogP) is 2.73. The van der Waals surface area contributed by atoms with E-state index in [4.69, 9.17) is 16.3 Å². The summed E-state index contributed by atoms with van der Waals surface area (Å²) >= 11 is 6.05. The summed E-state index contributed by atoms with van der Waals surface area (Å²) in [5, 5.41) is -0.437. The topological polar surface area (TPSA) is 72.5 Å². The van der Waals surface area contributed by atoms with Crippen LogP contribution >= 0.6 is 11.6 Å². The lowest BCUT2D eigenvalue weighted by atomic mass is 10.1. The fraction of sp³-hybridized carbons (Fsp3) is 0.500. The van der Waals surface area contributed by atoms with Crippen molar-refractivity contribution in [1.82, 2.24) is 0 Å². The molecule has 1 N–H and O–H groups in total. The number of hydrogen-bond donors (Lipinski definition) is 1. The monoisotopic (exact) mass is 331 g/mol. The predicted molar refractivity (Wildman–Crippen MR) is 81.9 cm³/mol. The van der Waals surface area contributed by atoms with Gasteiger partial charge in [0.25, 0.3) is 0 Å². The maximum atomic E-state index is 12.5. The molecule has 0 aliphatic heterocycles. The third-order valence-electron chi connectivity index (χ3n) is 3.73. The van der Waals surface area contributed by atoms with E-state index < -0.39 is 27.2 Å². The van der Waals surface area contributed by atoms with Crippen LogP contribution in [0.3, 0.4) is 0 Å². The molecular weight excluding hydrogens is 314 g/mol. The molecule has 1 aliphatic carbocycles. The summed E-state index contributed by atoms with van der Waals surface area (Å²) in [6.45, 7) is 1.87. The molecule has 1 aromatic carbocycles. The van der Waals surface area contributed by atoms with E-state index in [1.54, 1.807) is 18.2 Å². The highest BCUT2D eigenvalue weighted by molar-refractivity contribution is 7.93. The number of aryl methyl sites for hydroxylation is 1. The lowest BCUT2D eigenvalue weighted by molar-refractivity contribution is -0.145. The number of rotatable bonds is 4. The Morgan fingerprint density at radius 3 is 2.71 bits per heavy atom. The minimum absolute atomic E-state index is 0.331. The molecule has 1 saturated carbocycles. The molecule has 1 aromatic rings. The molecule has 2 unspecified atom stereocenters. The molecular formula is C14H18ClNO4S. The van der Waals surface area contributed by atoms with E-state index in [1.807, 2.05) is 6.92 Å². The highest BCUT2D eigenvalue weighted by Gasteiger charge is 2.42. The third-order valence-corrected chi connectivity index (χ3v) is 5.91. The van der Waals surface area contributed by atoms with Crippen LogP contribution < -0.4 is 4.72 Å². The second-order valence-electron chi connectivity index (χ2n) is 5.23. The Balaban J connectivity index is 2.23. The fourth-order valence-corrected chi connectivity index (χ4v) is 4.78. The molecule has 0 aromatic heterocycles. The molecule has 7 heteroatoms. The average molecular weight is 332 g/mol. The van der Waals surface area contributed by atoms with Gasteiger partial charge in [-0.1, -0.05) is 24.1 Å². The largest absolute Gasteiger partial charge is 0.469 e. The van der Waals surface area contributed by atoms with Crippen molar-refractivity contribution in [1.29, 1.82) is 0 Å². The van der Waals surface area contributed by atoms with E-state index in [0.717, 1.165) is 5.56 Å². The Labute approximate surface area is 129 Å². The number of halogens is 1. The highest BCUT2D eigenvalue weighted by Crippen LogP contribution is 2.34. The van der Waals surface area contributed by atoms with Gasteiger partial charge in [0.15, 0.2) is 0 Å². The van der Waals surface area contributed by atoms with Crippen LogP contribution in [0.25, 0.3) is 0 Å². The lowest BCUT2D eigenvalue weighted by Gasteiger charge is -2.19. The van der Waals surface area contributed by atoms with Gasteiger partial charge in [0.2, 0.25) is 10.0 Å². The van der Waals surface area contributed by atoms with Gasteiger partial charge < -0.3 is 4.74 Å². The highest BCUT2D eigenvalue weighted by atomic mass is 35.5. The van der Waals surface area contributed by atoms with Crippen LogP contribution in [0, 0.1) is 12.8 Å². The average Bonchev–Trinajstić information content (AvgIpc) is 2.91. The zero-order chi connectivity index (χ0) is 15.6. The van der Waals surface area contributed by atoms with Gasteiger partial charge in [-0.25, -0.2) is 8.42 Å². The number of ether oxygens (including phenoxy) is 1. The van der Waals surface area contributed by atoms with Crippen molar-refractivity contribution in [3.63, 3.8) is 0 Å². The van der Waals surface area contributed by atoms with Gasteiger partial charge in [-0.15, -0.1) is 0 Å². The first-order valence-electron chi connectivity index (χ1n) is 6.71. The van der Waals surface area contributed by atoms with Gasteiger partial charge in [-0.05, 0) is 37.5 Å². The van der Waals surface area contributed by atoms with Crippen molar-refractivity contribution in [3.05, 3.63) is 28.8 Å². The molecule has 0 spiro atoms. The number of esters is 1. The first-order valence-corrected chi connectivity index (χ1v) is 8.63. The Kier molecular flexibility index (Phi) is 4.78. The van der Waals surface area contributed by atoms with Crippen LogP contribution in [-0.2, 0) is 19.6 Å². The quantitative estimate of drug-likeness (QED) is 0.861. The molecule has 5 nitrogen and oxygen atoms in total. The van der Waals surface area contributed by atoms with Gasteiger partial charge in [-0.2, -0.15) is 0 Å². The van der Waals surface area contributed by atoms with E-state index in [9.17, 15) is 13.2 Å². The minimum atomic E-state index is -3.69. The second kappa shape index (κ2) is 6.23. The smallest absolute Gasteiger partial charge is 0.310 e. The minimum Gasteiger partial charge on any atom is -0.469 e. The summed E-state index contributed by atoms with van der Waals surface area (Å²) in [4.78, 5) is 11.7. The van der Waals surface area contributed by atoms with E-state index in [1.165, 1.54) is 7.11 Å². The summed E-state index contributed by atoms with van der Waals surface area (Å²) < 4.78 is 32.2. The van der Waals surface area contributed by atoms with Crippen molar-refractivity contribution >= 4 is 33.3 Å². The van der Waals surface area contributed by atoms with Crippen LogP contribution in [0.2, 0.25) is 5.02 Å². The summed E-state index contributed by atoms with van der Waals surface area (Å²) in [6.07, 6.45) is 1.66. The summed E-state index contributed by atoms with van der Waals surface area (Å²) in [6, 6.07) is 5.08. The number of carbonyl (C=O) groups is 1. The molecule has 0 radical (unpaired) electrons. The van der Waals surface area contributed by atoms with Crippen LogP contribution in [0.1, 0.15) is 24.8 Å². The fourth-order valence-electron chi connectivity index (χ4n) is 2.65.